The molecule has 1 amide bonds. The number of hydrogen-bond acceptors (Lipinski definition) is 3. The molecule has 0 bridgehead atoms. The minimum Gasteiger partial charge on any atom is -0.354 e. The highest BCUT2D eigenvalue weighted by Gasteiger charge is 2.07. The number of pyridine rings is 1. The first-order valence-electron chi connectivity index (χ1n) is 7.06. The molecule has 2 N–H and O–H groups in total. The Hall–Kier alpha value is -3.21. The van der Waals surface area contributed by atoms with E-state index in [4.69, 9.17) is 0 Å². The van der Waals surface area contributed by atoms with Gasteiger partial charge < -0.3 is 10.6 Å². The van der Waals surface area contributed by atoms with Gasteiger partial charge in [0.15, 0.2) is 0 Å². The Labute approximate surface area is 133 Å². The van der Waals surface area contributed by atoms with Crippen molar-refractivity contribution in [3.63, 3.8) is 0 Å². The third-order valence-electron chi connectivity index (χ3n) is 3.16. The van der Waals surface area contributed by atoms with Crippen molar-refractivity contribution in [2.45, 2.75) is 0 Å². The SMILES string of the molecule is O=C(Nc1ccccc1)c1ccc(Nc2ccc(F)cc2)cn1. The third kappa shape index (κ3) is 3.91. The maximum atomic E-state index is 12.9. The maximum absolute atomic E-state index is 12.9. The normalized spacial score (nSPS) is 10.1. The van der Waals surface area contributed by atoms with Crippen LogP contribution >= 0.6 is 0 Å². The van der Waals surface area contributed by atoms with E-state index in [1.54, 1.807) is 30.5 Å². The zero-order valence-electron chi connectivity index (χ0n) is 12.2. The van der Waals surface area contributed by atoms with Gasteiger partial charge in [0, 0.05) is 11.4 Å². The Bertz CT molecular complexity index is 787. The molecule has 0 fully saturated rings. The fourth-order valence-corrected chi connectivity index (χ4v) is 2.02. The molecule has 0 spiro atoms. The van der Waals surface area contributed by atoms with Crippen LogP contribution in [0.15, 0.2) is 72.9 Å². The van der Waals surface area contributed by atoms with E-state index in [9.17, 15) is 9.18 Å². The minimum atomic E-state index is -0.290. The van der Waals surface area contributed by atoms with Crippen LogP contribution in [-0.2, 0) is 0 Å². The number of hydrogen-bond donors (Lipinski definition) is 2. The average molecular weight is 307 g/mol. The molecule has 0 atom stereocenters. The first-order chi connectivity index (χ1) is 11.2. The van der Waals surface area contributed by atoms with Gasteiger partial charge in [-0.1, -0.05) is 18.2 Å². The number of rotatable bonds is 4. The van der Waals surface area contributed by atoms with Gasteiger partial charge in [-0.25, -0.2) is 9.37 Å². The highest BCUT2D eigenvalue weighted by Crippen LogP contribution is 2.16. The summed E-state index contributed by atoms with van der Waals surface area (Å²) in [6, 6.07) is 18.6. The molecule has 1 aromatic heterocycles. The van der Waals surface area contributed by atoms with Crippen LogP contribution in [0, 0.1) is 5.82 Å². The van der Waals surface area contributed by atoms with Gasteiger partial charge in [-0.2, -0.15) is 0 Å². The third-order valence-corrected chi connectivity index (χ3v) is 3.16. The first kappa shape index (κ1) is 14.7. The monoisotopic (exact) mass is 307 g/mol. The van der Waals surface area contributed by atoms with Gasteiger partial charge in [-0.05, 0) is 48.5 Å². The largest absolute Gasteiger partial charge is 0.354 e. The molecule has 3 rings (SSSR count). The van der Waals surface area contributed by atoms with Crippen molar-refractivity contribution in [1.82, 2.24) is 4.98 Å². The Balaban J connectivity index is 1.66. The van der Waals surface area contributed by atoms with Crippen LogP contribution < -0.4 is 10.6 Å². The molecule has 3 aromatic rings. The number of anilines is 3. The molecular formula is C18H14FN3O. The number of benzene rings is 2. The van der Waals surface area contributed by atoms with Gasteiger partial charge in [0.1, 0.15) is 11.5 Å². The summed E-state index contributed by atoms with van der Waals surface area (Å²) in [5.41, 5.74) is 2.49. The molecule has 4 nitrogen and oxygen atoms in total. The molecule has 0 aliphatic carbocycles. The Morgan fingerprint density at radius 2 is 1.52 bits per heavy atom. The van der Waals surface area contributed by atoms with Crippen LogP contribution in [0.1, 0.15) is 10.5 Å². The van der Waals surface area contributed by atoms with Crippen LogP contribution in [0.5, 0.6) is 0 Å². The fourth-order valence-electron chi connectivity index (χ4n) is 2.02. The van der Waals surface area contributed by atoms with Crippen LogP contribution in [0.2, 0.25) is 0 Å². The van der Waals surface area contributed by atoms with E-state index in [1.165, 1.54) is 12.1 Å². The zero-order valence-corrected chi connectivity index (χ0v) is 12.2. The lowest BCUT2D eigenvalue weighted by atomic mass is 10.2. The lowest BCUT2D eigenvalue weighted by molar-refractivity contribution is 0.102. The molecule has 114 valence electrons. The van der Waals surface area contributed by atoms with E-state index in [1.807, 2.05) is 30.3 Å². The predicted octanol–water partition coefficient (Wildman–Crippen LogP) is 4.22. The molecular weight excluding hydrogens is 293 g/mol. The van der Waals surface area contributed by atoms with E-state index in [0.29, 0.717) is 17.1 Å². The number of carbonyl (C=O) groups is 1. The molecule has 2 aromatic carbocycles. The summed E-state index contributed by atoms with van der Waals surface area (Å²) in [4.78, 5) is 16.2. The van der Waals surface area contributed by atoms with Crippen molar-refractivity contribution >= 4 is 23.0 Å². The summed E-state index contributed by atoms with van der Waals surface area (Å²) in [6.07, 6.45) is 1.56. The summed E-state index contributed by atoms with van der Waals surface area (Å²) in [6.45, 7) is 0. The van der Waals surface area contributed by atoms with Crippen LogP contribution in [-0.4, -0.2) is 10.9 Å². The van der Waals surface area contributed by atoms with Gasteiger partial charge in [0.2, 0.25) is 0 Å². The number of nitrogens with one attached hydrogen (secondary N) is 2. The highest BCUT2D eigenvalue weighted by molar-refractivity contribution is 6.02. The van der Waals surface area contributed by atoms with Crippen molar-refractivity contribution in [2.24, 2.45) is 0 Å². The van der Waals surface area contributed by atoms with Crippen LogP contribution in [0.25, 0.3) is 0 Å². The number of amides is 1. The molecule has 0 aliphatic heterocycles. The summed E-state index contributed by atoms with van der Waals surface area (Å²) >= 11 is 0. The summed E-state index contributed by atoms with van der Waals surface area (Å²) in [7, 11) is 0. The van der Waals surface area contributed by atoms with Crippen molar-refractivity contribution in [1.29, 1.82) is 0 Å². The smallest absolute Gasteiger partial charge is 0.274 e. The van der Waals surface area contributed by atoms with E-state index >= 15 is 0 Å². The second kappa shape index (κ2) is 6.70. The van der Waals surface area contributed by atoms with Crippen molar-refractivity contribution in [3.05, 3.63) is 84.4 Å². The van der Waals surface area contributed by atoms with E-state index < -0.39 is 0 Å². The fraction of sp³-hybridized carbons (Fsp3) is 0. The van der Waals surface area contributed by atoms with Crippen LogP contribution in [0.4, 0.5) is 21.5 Å². The number of aromatic nitrogens is 1. The Morgan fingerprint density at radius 1 is 0.826 bits per heavy atom. The average Bonchev–Trinajstić information content (AvgIpc) is 2.58. The predicted molar refractivity (Wildman–Crippen MR) is 88.3 cm³/mol. The van der Waals surface area contributed by atoms with Gasteiger partial charge in [-0.15, -0.1) is 0 Å². The second-order valence-electron chi connectivity index (χ2n) is 4.88. The number of halogens is 1. The molecule has 0 aliphatic rings. The Kier molecular flexibility index (Phi) is 4.29. The number of carbonyl (C=O) groups excluding carboxylic acids is 1. The molecule has 0 unspecified atom stereocenters. The molecule has 23 heavy (non-hydrogen) atoms. The van der Waals surface area contributed by atoms with E-state index in [-0.39, 0.29) is 11.7 Å². The summed E-state index contributed by atoms with van der Waals surface area (Å²) < 4.78 is 12.9. The van der Waals surface area contributed by atoms with E-state index in [2.05, 4.69) is 15.6 Å². The minimum absolute atomic E-state index is 0.274. The molecule has 0 saturated carbocycles. The van der Waals surface area contributed by atoms with Crippen molar-refractivity contribution in [2.75, 3.05) is 10.6 Å². The van der Waals surface area contributed by atoms with E-state index in [0.717, 1.165) is 5.69 Å². The first-order valence-corrected chi connectivity index (χ1v) is 7.06. The topological polar surface area (TPSA) is 54.0 Å². The quantitative estimate of drug-likeness (QED) is 0.759. The Morgan fingerprint density at radius 3 is 2.17 bits per heavy atom. The lowest BCUT2D eigenvalue weighted by Gasteiger charge is -2.07. The van der Waals surface area contributed by atoms with Crippen molar-refractivity contribution < 1.29 is 9.18 Å². The van der Waals surface area contributed by atoms with Gasteiger partial charge >= 0.3 is 0 Å². The van der Waals surface area contributed by atoms with Crippen molar-refractivity contribution in [3.8, 4) is 0 Å². The maximum Gasteiger partial charge on any atom is 0.274 e. The molecule has 0 saturated heterocycles. The molecule has 0 radical (unpaired) electrons. The molecule has 5 heteroatoms. The lowest BCUT2D eigenvalue weighted by Crippen LogP contribution is -2.13. The summed E-state index contributed by atoms with van der Waals surface area (Å²) in [5, 5.41) is 5.86. The highest BCUT2D eigenvalue weighted by atomic mass is 19.1. The number of para-hydroxylation sites is 1. The molecule has 1 heterocycles. The second-order valence-corrected chi connectivity index (χ2v) is 4.88. The van der Waals surface area contributed by atoms with Gasteiger partial charge in [-0.3, -0.25) is 4.79 Å². The zero-order chi connectivity index (χ0) is 16.1. The standard InChI is InChI=1S/C18H14FN3O/c19-13-6-8-15(9-7-13)21-16-10-11-17(20-12-16)18(23)22-14-4-2-1-3-5-14/h1-12,21H,(H,22,23). The van der Waals surface area contributed by atoms with Gasteiger partial charge in [0.25, 0.3) is 5.91 Å². The number of nitrogens with zero attached hydrogens (tertiary/aromatic N) is 1. The van der Waals surface area contributed by atoms with Crippen LogP contribution in [0.3, 0.4) is 0 Å². The van der Waals surface area contributed by atoms with Gasteiger partial charge in [0.05, 0.1) is 11.9 Å². The summed E-state index contributed by atoms with van der Waals surface area (Å²) in [5.74, 6) is -0.564.